The van der Waals surface area contributed by atoms with Gasteiger partial charge in [-0.3, -0.25) is 10.1 Å². The summed E-state index contributed by atoms with van der Waals surface area (Å²) in [5.41, 5.74) is 1.53. The number of hydrogen-bond donors (Lipinski definition) is 2. The van der Waals surface area contributed by atoms with Crippen LogP contribution in [-0.4, -0.2) is 16.6 Å². The van der Waals surface area contributed by atoms with Gasteiger partial charge in [-0.1, -0.05) is 43.7 Å². The van der Waals surface area contributed by atoms with Gasteiger partial charge in [0.25, 0.3) is 0 Å². The maximum absolute atomic E-state index is 11.3. The van der Waals surface area contributed by atoms with Crippen LogP contribution in [0.1, 0.15) is 37.8 Å². The molecule has 0 unspecified atom stereocenters. The average Bonchev–Trinajstić information content (AvgIpc) is 2.33. The molecule has 0 radical (unpaired) electrons. The summed E-state index contributed by atoms with van der Waals surface area (Å²) >= 11 is 0. The lowest BCUT2D eigenvalue weighted by Gasteiger charge is -2.28. The average molecular weight is 235 g/mol. The minimum Gasteiger partial charge on any atom is -0.480 e. The van der Waals surface area contributed by atoms with Crippen molar-refractivity contribution in [1.82, 2.24) is 5.32 Å². The summed E-state index contributed by atoms with van der Waals surface area (Å²) in [6, 6.07) is 8.13. The molecule has 3 nitrogen and oxygen atoms in total. The molecule has 0 bridgehead atoms. The Hall–Kier alpha value is -1.35. The van der Waals surface area contributed by atoms with Crippen molar-refractivity contribution < 1.29 is 9.90 Å². The highest BCUT2D eigenvalue weighted by Gasteiger charge is 2.33. The van der Waals surface area contributed by atoms with Crippen LogP contribution < -0.4 is 5.32 Å². The van der Waals surface area contributed by atoms with Crippen molar-refractivity contribution in [1.29, 1.82) is 0 Å². The van der Waals surface area contributed by atoms with Crippen molar-refractivity contribution in [3.8, 4) is 0 Å². The fourth-order valence-electron chi connectivity index (χ4n) is 1.86. The SMILES string of the molecule is CCC(CC)(NCc1ccc(C)cc1)C(=O)O. The first-order valence-corrected chi connectivity index (χ1v) is 6.08. The first kappa shape index (κ1) is 13.7. The van der Waals surface area contributed by atoms with Gasteiger partial charge in [0.1, 0.15) is 5.54 Å². The first-order chi connectivity index (χ1) is 8.04. The highest BCUT2D eigenvalue weighted by Crippen LogP contribution is 2.16. The van der Waals surface area contributed by atoms with Gasteiger partial charge in [-0.05, 0) is 25.3 Å². The Morgan fingerprint density at radius 3 is 2.18 bits per heavy atom. The topological polar surface area (TPSA) is 49.3 Å². The predicted molar refractivity (Wildman–Crippen MR) is 69.0 cm³/mol. The lowest BCUT2D eigenvalue weighted by atomic mass is 9.92. The lowest BCUT2D eigenvalue weighted by molar-refractivity contribution is -0.145. The van der Waals surface area contributed by atoms with Crippen molar-refractivity contribution in [2.45, 2.75) is 45.7 Å². The summed E-state index contributed by atoms with van der Waals surface area (Å²) in [5, 5.41) is 12.5. The van der Waals surface area contributed by atoms with Crippen LogP contribution in [0, 0.1) is 6.92 Å². The van der Waals surface area contributed by atoms with E-state index < -0.39 is 11.5 Å². The molecule has 2 N–H and O–H groups in total. The predicted octanol–water partition coefficient (Wildman–Crippen LogP) is 2.73. The maximum atomic E-state index is 11.3. The van der Waals surface area contributed by atoms with Crippen LogP contribution in [0.2, 0.25) is 0 Å². The summed E-state index contributed by atoms with van der Waals surface area (Å²) < 4.78 is 0. The van der Waals surface area contributed by atoms with Crippen LogP contribution >= 0.6 is 0 Å². The number of carboxylic acid groups (broad SMARTS) is 1. The van der Waals surface area contributed by atoms with E-state index in [-0.39, 0.29) is 0 Å². The van der Waals surface area contributed by atoms with Crippen molar-refractivity contribution in [3.63, 3.8) is 0 Å². The number of aryl methyl sites for hydroxylation is 1. The van der Waals surface area contributed by atoms with Crippen LogP contribution in [0.5, 0.6) is 0 Å². The number of hydrogen-bond acceptors (Lipinski definition) is 2. The quantitative estimate of drug-likeness (QED) is 0.797. The molecule has 0 saturated heterocycles. The molecule has 0 spiro atoms. The number of carboxylic acids is 1. The van der Waals surface area contributed by atoms with Crippen LogP contribution in [0.3, 0.4) is 0 Å². The minimum absolute atomic E-state index is 0.588. The van der Waals surface area contributed by atoms with E-state index in [2.05, 4.69) is 5.32 Å². The Labute approximate surface area is 103 Å². The highest BCUT2D eigenvalue weighted by atomic mass is 16.4. The van der Waals surface area contributed by atoms with Crippen molar-refractivity contribution >= 4 is 5.97 Å². The van der Waals surface area contributed by atoms with E-state index in [0.717, 1.165) is 5.56 Å². The van der Waals surface area contributed by atoms with E-state index in [0.29, 0.717) is 19.4 Å². The van der Waals surface area contributed by atoms with E-state index >= 15 is 0 Å². The Kier molecular flexibility index (Phi) is 4.70. The summed E-state index contributed by atoms with van der Waals surface area (Å²) in [4.78, 5) is 11.3. The van der Waals surface area contributed by atoms with E-state index in [1.807, 2.05) is 45.0 Å². The standard InChI is InChI=1S/C14H21NO2/c1-4-14(5-2,13(16)17)15-10-12-8-6-11(3)7-9-12/h6-9,15H,4-5,10H2,1-3H3,(H,16,17). The number of nitrogens with one attached hydrogen (secondary N) is 1. The molecular formula is C14H21NO2. The van der Waals surface area contributed by atoms with Crippen molar-refractivity contribution in [2.75, 3.05) is 0 Å². The second-order valence-corrected chi connectivity index (χ2v) is 4.43. The van der Waals surface area contributed by atoms with E-state index in [9.17, 15) is 9.90 Å². The molecule has 17 heavy (non-hydrogen) atoms. The van der Waals surface area contributed by atoms with Gasteiger partial charge in [0, 0.05) is 6.54 Å². The van der Waals surface area contributed by atoms with Gasteiger partial charge in [0.2, 0.25) is 0 Å². The van der Waals surface area contributed by atoms with Gasteiger partial charge < -0.3 is 5.11 Å². The van der Waals surface area contributed by atoms with Crippen molar-refractivity contribution in [2.24, 2.45) is 0 Å². The summed E-state index contributed by atoms with van der Waals surface area (Å²) in [6.45, 7) is 6.44. The van der Waals surface area contributed by atoms with Crippen LogP contribution in [0.25, 0.3) is 0 Å². The van der Waals surface area contributed by atoms with Gasteiger partial charge in [0.05, 0.1) is 0 Å². The maximum Gasteiger partial charge on any atom is 0.323 e. The molecule has 1 aromatic rings. The van der Waals surface area contributed by atoms with E-state index in [4.69, 9.17) is 0 Å². The molecule has 0 aromatic heterocycles. The van der Waals surface area contributed by atoms with Crippen LogP contribution in [0.15, 0.2) is 24.3 Å². The third-order valence-electron chi connectivity index (χ3n) is 3.37. The van der Waals surface area contributed by atoms with Gasteiger partial charge in [-0.2, -0.15) is 0 Å². The van der Waals surface area contributed by atoms with Crippen LogP contribution in [0.4, 0.5) is 0 Å². The zero-order valence-corrected chi connectivity index (χ0v) is 10.8. The normalized spacial score (nSPS) is 11.5. The summed E-state index contributed by atoms with van der Waals surface area (Å²) in [7, 11) is 0. The van der Waals surface area contributed by atoms with E-state index in [1.165, 1.54) is 5.56 Å². The molecule has 0 fully saturated rings. The molecular weight excluding hydrogens is 214 g/mol. The zero-order chi connectivity index (χ0) is 12.9. The highest BCUT2D eigenvalue weighted by molar-refractivity contribution is 5.78. The number of aliphatic carboxylic acids is 1. The fraction of sp³-hybridized carbons (Fsp3) is 0.500. The molecule has 0 aliphatic carbocycles. The number of carbonyl (C=O) groups is 1. The van der Waals surface area contributed by atoms with Crippen molar-refractivity contribution in [3.05, 3.63) is 35.4 Å². The lowest BCUT2D eigenvalue weighted by Crippen LogP contribution is -2.50. The number of benzene rings is 1. The summed E-state index contributed by atoms with van der Waals surface area (Å²) in [6.07, 6.45) is 1.18. The van der Waals surface area contributed by atoms with Gasteiger partial charge in [0.15, 0.2) is 0 Å². The molecule has 3 heteroatoms. The minimum atomic E-state index is -0.801. The molecule has 0 atom stereocenters. The fourth-order valence-corrected chi connectivity index (χ4v) is 1.86. The van der Waals surface area contributed by atoms with E-state index in [1.54, 1.807) is 0 Å². The molecule has 1 aromatic carbocycles. The Morgan fingerprint density at radius 2 is 1.76 bits per heavy atom. The third kappa shape index (κ3) is 3.30. The Bertz CT molecular complexity index is 366. The largest absolute Gasteiger partial charge is 0.480 e. The summed E-state index contributed by atoms with van der Waals surface area (Å²) in [5.74, 6) is -0.769. The third-order valence-corrected chi connectivity index (χ3v) is 3.37. The molecule has 0 amide bonds. The molecule has 1 rings (SSSR count). The second-order valence-electron chi connectivity index (χ2n) is 4.43. The molecule has 0 saturated carbocycles. The van der Waals surface area contributed by atoms with Crippen LogP contribution in [-0.2, 0) is 11.3 Å². The molecule has 0 aliphatic rings. The van der Waals surface area contributed by atoms with Gasteiger partial charge >= 0.3 is 5.97 Å². The van der Waals surface area contributed by atoms with Gasteiger partial charge in [-0.15, -0.1) is 0 Å². The zero-order valence-electron chi connectivity index (χ0n) is 10.8. The Balaban J connectivity index is 2.70. The second kappa shape index (κ2) is 5.82. The molecule has 0 heterocycles. The number of rotatable bonds is 6. The molecule has 0 aliphatic heterocycles. The molecule has 94 valence electrons. The Morgan fingerprint density at radius 1 is 1.24 bits per heavy atom. The van der Waals surface area contributed by atoms with Gasteiger partial charge in [-0.25, -0.2) is 0 Å². The first-order valence-electron chi connectivity index (χ1n) is 6.08. The monoisotopic (exact) mass is 235 g/mol. The smallest absolute Gasteiger partial charge is 0.323 e.